The summed E-state index contributed by atoms with van der Waals surface area (Å²) in [5.41, 5.74) is 4.91. The lowest BCUT2D eigenvalue weighted by Crippen LogP contribution is -2.43. The molecule has 1 aromatic carbocycles. The molecule has 6 heteroatoms. The van der Waals surface area contributed by atoms with Crippen molar-refractivity contribution in [3.63, 3.8) is 0 Å². The fourth-order valence-corrected chi connectivity index (χ4v) is 2.76. The molecule has 2 rings (SSSR count). The molecule has 0 aliphatic heterocycles. The van der Waals surface area contributed by atoms with Crippen LogP contribution in [0.5, 0.6) is 0 Å². The van der Waals surface area contributed by atoms with Gasteiger partial charge in [0.1, 0.15) is 11.6 Å². The van der Waals surface area contributed by atoms with Crippen LogP contribution in [0, 0.1) is 11.6 Å². The summed E-state index contributed by atoms with van der Waals surface area (Å²) < 4.78 is 26.8. The first-order chi connectivity index (χ1) is 9.97. The third kappa shape index (κ3) is 4.07. The number of nitrogens with zero attached hydrogens (tertiary/aromatic N) is 1. The quantitative estimate of drug-likeness (QED) is 0.815. The standard InChI is InChI=1S/C15H18F2N2O2/c16-10-5-6-13(17)12(7-10)14(20)8-19(9-15(18)21)11-3-1-2-4-11/h5-7,11H,1-4,8-9H2,(H2,18,21). The second-order valence-corrected chi connectivity index (χ2v) is 5.36. The van der Waals surface area contributed by atoms with Gasteiger partial charge < -0.3 is 5.73 Å². The summed E-state index contributed by atoms with van der Waals surface area (Å²) >= 11 is 0. The van der Waals surface area contributed by atoms with E-state index in [9.17, 15) is 18.4 Å². The van der Waals surface area contributed by atoms with E-state index >= 15 is 0 Å². The first-order valence-electron chi connectivity index (χ1n) is 6.98. The molecule has 1 aliphatic carbocycles. The number of benzene rings is 1. The zero-order chi connectivity index (χ0) is 15.4. The lowest BCUT2D eigenvalue weighted by molar-refractivity contribution is -0.119. The maximum Gasteiger partial charge on any atom is 0.231 e. The number of carbonyl (C=O) groups excluding carboxylic acids is 2. The number of primary amides is 1. The number of Topliss-reactive ketones (excluding diaryl/α,β-unsaturated/α-hetero) is 1. The van der Waals surface area contributed by atoms with Gasteiger partial charge in [-0.2, -0.15) is 0 Å². The highest BCUT2D eigenvalue weighted by atomic mass is 19.1. The zero-order valence-corrected chi connectivity index (χ0v) is 11.6. The number of nitrogens with two attached hydrogens (primary N) is 1. The highest BCUT2D eigenvalue weighted by molar-refractivity contribution is 5.98. The second kappa shape index (κ2) is 6.76. The van der Waals surface area contributed by atoms with Crippen molar-refractivity contribution in [3.8, 4) is 0 Å². The van der Waals surface area contributed by atoms with Crippen molar-refractivity contribution in [2.24, 2.45) is 5.73 Å². The normalized spacial score (nSPS) is 15.6. The minimum Gasteiger partial charge on any atom is -0.369 e. The zero-order valence-electron chi connectivity index (χ0n) is 11.6. The molecule has 0 bridgehead atoms. The average Bonchev–Trinajstić information content (AvgIpc) is 2.94. The molecule has 0 saturated heterocycles. The first-order valence-corrected chi connectivity index (χ1v) is 6.98. The third-order valence-electron chi connectivity index (χ3n) is 3.78. The lowest BCUT2D eigenvalue weighted by atomic mass is 10.1. The van der Waals surface area contributed by atoms with Crippen LogP contribution < -0.4 is 5.73 Å². The van der Waals surface area contributed by atoms with Gasteiger partial charge in [-0.1, -0.05) is 12.8 Å². The summed E-state index contributed by atoms with van der Waals surface area (Å²) in [5.74, 6) is -2.50. The van der Waals surface area contributed by atoms with Gasteiger partial charge in [0, 0.05) is 6.04 Å². The summed E-state index contributed by atoms with van der Waals surface area (Å²) in [6.45, 7) is -0.179. The van der Waals surface area contributed by atoms with E-state index in [0.29, 0.717) is 0 Å². The predicted molar refractivity (Wildman–Crippen MR) is 73.7 cm³/mol. The van der Waals surface area contributed by atoms with Gasteiger partial charge in [-0.15, -0.1) is 0 Å². The smallest absolute Gasteiger partial charge is 0.231 e. The van der Waals surface area contributed by atoms with E-state index in [1.54, 1.807) is 4.90 Å². The summed E-state index contributed by atoms with van der Waals surface area (Å²) in [6.07, 6.45) is 3.82. The molecule has 1 amide bonds. The van der Waals surface area contributed by atoms with E-state index in [2.05, 4.69) is 0 Å². The van der Waals surface area contributed by atoms with Crippen molar-refractivity contribution in [1.82, 2.24) is 4.90 Å². The van der Waals surface area contributed by atoms with Crippen LogP contribution >= 0.6 is 0 Å². The van der Waals surface area contributed by atoms with Crippen molar-refractivity contribution in [3.05, 3.63) is 35.4 Å². The molecule has 0 heterocycles. The number of rotatable bonds is 6. The van der Waals surface area contributed by atoms with Crippen LogP contribution in [0.15, 0.2) is 18.2 Å². The molecule has 1 saturated carbocycles. The van der Waals surface area contributed by atoms with Gasteiger partial charge >= 0.3 is 0 Å². The minimum absolute atomic E-state index is 0.0483. The number of hydrogen-bond acceptors (Lipinski definition) is 3. The predicted octanol–water partition coefficient (Wildman–Crippen LogP) is 1.88. The fraction of sp³-hybridized carbons (Fsp3) is 0.467. The Kier molecular flexibility index (Phi) is 5.01. The Morgan fingerprint density at radius 2 is 1.86 bits per heavy atom. The highest BCUT2D eigenvalue weighted by Gasteiger charge is 2.26. The van der Waals surface area contributed by atoms with Crippen LogP contribution in [0.3, 0.4) is 0 Å². The maximum atomic E-state index is 13.6. The molecular weight excluding hydrogens is 278 g/mol. The molecule has 114 valence electrons. The molecular formula is C15H18F2N2O2. The van der Waals surface area contributed by atoms with E-state index in [0.717, 1.165) is 43.9 Å². The molecule has 2 N–H and O–H groups in total. The number of halogens is 2. The molecule has 21 heavy (non-hydrogen) atoms. The van der Waals surface area contributed by atoms with Crippen molar-refractivity contribution in [2.75, 3.05) is 13.1 Å². The van der Waals surface area contributed by atoms with Gasteiger partial charge in [-0.3, -0.25) is 14.5 Å². The van der Waals surface area contributed by atoms with Crippen molar-refractivity contribution in [2.45, 2.75) is 31.7 Å². The van der Waals surface area contributed by atoms with Crippen LogP contribution in [0.2, 0.25) is 0 Å². The highest BCUT2D eigenvalue weighted by Crippen LogP contribution is 2.23. The van der Waals surface area contributed by atoms with E-state index < -0.39 is 23.3 Å². The van der Waals surface area contributed by atoms with Crippen LogP contribution in [0.4, 0.5) is 8.78 Å². The van der Waals surface area contributed by atoms with E-state index in [4.69, 9.17) is 5.73 Å². The summed E-state index contributed by atoms with van der Waals surface area (Å²) in [5, 5.41) is 0. The summed E-state index contributed by atoms with van der Waals surface area (Å²) in [7, 11) is 0. The topological polar surface area (TPSA) is 63.4 Å². The van der Waals surface area contributed by atoms with Crippen LogP contribution in [-0.2, 0) is 4.79 Å². The Morgan fingerprint density at radius 1 is 1.19 bits per heavy atom. The van der Waals surface area contributed by atoms with Crippen molar-refractivity contribution >= 4 is 11.7 Å². The van der Waals surface area contributed by atoms with E-state index in [1.165, 1.54) is 0 Å². The second-order valence-electron chi connectivity index (χ2n) is 5.36. The maximum absolute atomic E-state index is 13.6. The fourth-order valence-electron chi connectivity index (χ4n) is 2.76. The Balaban J connectivity index is 2.13. The number of ketones is 1. The molecule has 1 aromatic rings. The van der Waals surface area contributed by atoms with Gasteiger partial charge in [0.15, 0.2) is 5.78 Å². The largest absolute Gasteiger partial charge is 0.369 e. The molecule has 1 fully saturated rings. The lowest BCUT2D eigenvalue weighted by Gasteiger charge is -2.26. The van der Waals surface area contributed by atoms with Crippen LogP contribution in [0.1, 0.15) is 36.0 Å². The Morgan fingerprint density at radius 3 is 2.48 bits per heavy atom. The first kappa shape index (κ1) is 15.6. The molecule has 4 nitrogen and oxygen atoms in total. The number of amides is 1. The van der Waals surface area contributed by atoms with Gasteiger partial charge in [0.05, 0.1) is 18.7 Å². The monoisotopic (exact) mass is 296 g/mol. The third-order valence-corrected chi connectivity index (χ3v) is 3.78. The van der Waals surface area contributed by atoms with E-state index in [1.807, 2.05) is 0 Å². The SMILES string of the molecule is NC(=O)CN(CC(=O)c1cc(F)ccc1F)C1CCCC1. The molecule has 0 radical (unpaired) electrons. The Bertz CT molecular complexity index is 542. The van der Waals surface area contributed by atoms with Gasteiger partial charge in [-0.05, 0) is 31.0 Å². The number of carbonyl (C=O) groups is 2. The summed E-state index contributed by atoms with van der Waals surface area (Å²) in [6, 6.07) is 2.87. The number of hydrogen-bond donors (Lipinski definition) is 1. The van der Waals surface area contributed by atoms with Gasteiger partial charge in [0.25, 0.3) is 0 Å². The Hall–Kier alpha value is -1.82. The minimum atomic E-state index is -0.758. The Labute approximate surface area is 121 Å². The molecule has 0 aromatic heterocycles. The van der Waals surface area contributed by atoms with Crippen molar-refractivity contribution in [1.29, 1.82) is 0 Å². The molecule has 0 spiro atoms. The van der Waals surface area contributed by atoms with Gasteiger partial charge in [0.2, 0.25) is 5.91 Å². The van der Waals surface area contributed by atoms with Crippen molar-refractivity contribution < 1.29 is 18.4 Å². The van der Waals surface area contributed by atoms with Gasteiger partial charge in [-0.25, -0.2) is 8.78 Å². The van der Waals surface area contributed by atoms with Crippen LogP contribution in [-0.4, -0.2) is 35.7 Å². The molecule has 0 unspecified atom stereocenters. The molecule has 0 atom stereocenters. The van der Waals surface area contributed by atoms with E-state index in [-0.39, 0.29) is 24.7 Å². The summed E-state index contributed by atoms with van der Waals surface area (Å²) in [4.78, 5) is 25.0. The molecule has 1 aliphatic rings. The average molecular weight is 296 g/mol. The van der Waals surface area contributed by atoms with Crippen LogP contribution in [0.25, 0.3) is 0 Å².